The predicted molar refractivity (Wildman–Crippen MR) is 56.7 cm³/mol. The van der Waals surface area contributed by atoms with Crippen LogP contribution in [-0.2, 0) is 5.75 Å². The Kier molecular flexibility index (Phi) is 4.07. The van der Waals surface area contributed by atoms with Gasteiger partial charge in [-0.1, -0.05) is 13.8 Å². The molecule has 0 radical (unpaired) electrons. The number of carboxylic acids is 1. The first-order chi connectivity index (χ1) is 6.63. The zero-order chi connectivity index (χ0) is 10.6. The maximum atomic E-state index is 10.5. The van der Waals surface area contributed by atoms with Gasteiger partial charge in [-0.25, -0.2) is 4.79 Å². The molecule has 78 valence electrons. The molecule has 0 bridgehead atoms. The largest absolute Gasteiger partial charge is 0.475 e. The molecule has 0 saturated carbocycles. The Bertz CT molecular complexity index is 306. The molecule has 1 aromatic rings. The molecular weight excluding hydrogens is 200 g/mol. The lowest BCUT2D eigenvalue weighted by Crippen LogP contribution is -1.93. The van der Waals surface area contributed by atoms with Crippen molar-refractivity contribution in [3.05, 3.63) is 23.7 Å². The lowest BCUT2D eigenvalue weighted by molar-refractivity contribution is 0.0661. The number of thioether (sulfide) groups is 1. The van der Waals surface area contributed by atoms with E-state index in [0.29, 0.717) is 5.25 Å². The molecule has 3 nitrogen and oxygen atoms in total. The minimum atomic E-state index is -1.01. The highest BCUT2D eigenvalue weighted by molar-refractivity contribution is 7.99. The van der Waals surface area contributed by atoms with E-state index in [-0.39, 0.29) is 5.76 Å². The van der Waals surface area contributed by atoms with E-state index in [1.807, 2.05) is 0 Å². The van der Waals surface area contributed by atoms with E-state index in [4.69, 9.17) is 9.52 Å². The molecular formula is C10H14O3S. The third-order valence-corrected chi connectivity index (χ3v) is 3.31. The Morgan fingerprint density at radius 1 is 1.64 bits per heavy atom. The number of carbonyl (C=O) groups is 1. The molecule has 1 heterocycles. The van der Waals surface area contributed by atoms with Gasteiger partial charge in [-0.3, -0.25) is 0 Å². The second-order valence-corrected chi connectivity index (χ2v) is 4.53. The molecule has 0 saturated heterocycles. The van der Waals surface area contributed by atoms with Crippen LogP contribution in [0.25, 0.3) is 0 Å². The molecule has 1 unspecified atom stereocenters. The number of hydrogen-bond acceptors (Lipinski definition) is 3. The Labute approximate surface area is 87.5 Å². The Hall–Kier alpha value is -0.900. The van der Waals surface area contributed by atoms with Crippen LogP contribution in [-0.4, -0.2) is 16.3 Å². The lowest BCUT2D eigenvalue weighted by Gasteiger charge is -2.05. The molecule has 1 N–H and O–H groups in total. The van der Waals surface area contributed by atoms with Crippen molar-refractivity contribution in [2.45, 2.75) is 31.3 Å². The van der Waals surface area contributed by atoms with E-state index in [1.54, 1.807) is 17.8 Å². The summed E-state index contributed by atoms with van der Waals surface area (Å²) in [7, 11) is 0. The van der Waals surface area contributed by atoms with Gasteiger partial charge < -0.3 is 9.52 Å². The van der Waals surface area contributed by atoms with E-state index in [2.05, 4.69) is 13.8 Å². The fourth-order valence-corrected chi connectivity index (χ4v) is 1.75. The van der Waals surface area contributed by atoms with Gasteiger partial charge in [-0.05, 0) is 18.6 Å². The van der Waals surface area contributed by atoms with Gasteiger partial charge in [-0.2, -0.15) is 11.8 Å². The summed E-state index contributed by atoms with van der Waals surface area (Å²) in [4.78, 5) is 10.5. The van der Waals surface area contributed by atoms with E-state index in [0.717, 1.165) is 17.9 Å². The summed E-state index contributed by atoms with van der Waals surface area (Å²) in [5, 5.41) is 9.20. The van der Waals surface area contributed by atoms with Crippen LogP contribution in [0, 0.1) is 0 Å². The van der Waals surface area contributed by atoms with Gasteiger partial charge in [-0.15, -0.1) is 0 Å². The molecule has 0 aromatic carbocycles. The quantitative estimate of drug-likeness (QED) is 0.818. The van der Waals surface area contributed by atoms with Crippen LogP contribution in [0.2, 0.25) is 0 Å². The molecule has 0 aliphatic carbocycles. The Morgan fingerprint density at radius 2 is 2.36 bits per heavy atom. The van der Waals surface area contributed by atoms with E-state index >= 15 is 0 Å². The second-order valence-electron chi connectivity index (χ2n) is 3.10. The van der Waals surface area contributed by atoms with Gasteiger partial charge in [0.15, 0.2) is 0 Å². The van der Waals surface area contributed by atoms with Crippen molar-refractivity contribution in [2.75, 3.05) is 0 Å². The van der Waals surface area contributed by atoms with Crippen molar-refractivity contribution in [1.82, 2.24) is 0 Å². The average Bonchev–Trinajstić information content (AvgIpc) is 2.62. The van der Waals surface area contributed by atoms with Crippen molar-refractivity contribution in [1.29, 1.82) is 0 Å². The third-order valence-electron chi connectivity index (χ3n) is 1.96. The number of aromatic carboxylic acids is 1. The van der Waals surface area contributed by atoms with E-state index < -0.39 is 5.97 Å². The molecule has 0 spiro atoms. The van der Waals surface area contributed by atoms with Crippen molar-refractivity contribution in [3.8, 4) is 0 Å². The van der Waals surface area contributed by atoms with Gasteiger partial charge in [0.05, 0.1) is 5.75 Å². The summed E-state index contributed by atoms with van der Waals surface area (Å²) in [6.45, 7) is 4.27. The highest BCUT2D eigenvalue weighted by Crippen LogP contribution is 2.21. The standard InChI is InChI=1S/C10H14O3S/c1-3-7(2)14-6-8-4-5-9(13-8)10(11)12/h4-5,7H,3,6H2,1-2H3,(H,11,12). The Morgan fingerprint density at radius 3 is 2.86 bits per heavy atom. The number of furan rings is 1. The molecule has 1 aromatic heterocycles. The molecule has 1 rings (SSSR count). The maximum Gasteiger partial charge on any atom is 0.371 e. The van der Waals surface area contributed by atoms with Crippen LogP contribution >= 0.6 is 11.8 Å². The molecule has 0 fully saturated rings. The molecule has 1 atom stereocenters. The van der Waals surface area contributed by atoms with Crippen molar-refractivity contribution >= 4 is 17.7 Å². The van der Waals surface area contributed by atoms with Gasteiger partial charge >= 0.3 is 5.97 Å². The minimum Gasteiger partial charge on any atom is -0.475 e. The first-order valence-electron chi connectivity index (χ1n) is 4.57. The van der Waals surface area contributed by atoms with E-state index in [9.17, 15) is 4.79 Å². The molecule has 0 aliphatic rings. The summed E-state index contributed by atoms with van der Waals surface area (Å²) < 4.78 is 5.12. The van der Waals surface area contributed by atoms with Crippen molar-refractivity contribution in [2.24, 2.45) is 0 Å². The van der Waals surface area contributed by atoms with E-state index in [1.165, 1.54) is 6.07 Å². The smallest absolute Gasteiger partial charge is 0.371 e. The first kappa shape index (κ1) is 11.2. The van der Waals surface area contributed by atoms with Crippen LogP contribution in [0.3, 0.4) is 0 Å². The summed E-state index contributed by atoms with van der Waals surface area (Å²) in [6, 6.07) is 3.22. The van der Waals surface area contributed by atoms with Crippen LogP contribution in [0.4, 0.5) is 0 Å². The SMILES string of the molecule is CCC(C)SCc1ccc(C(=O)O)o1. The number of rotatable bonds is 5. The summed E-state index contributed by atoms with van der Waals surface area (Å²) in [5.41, 5.74) is 0. The monoisotopic (exact) mass is 214 g/mol. The van der Waals surface area contributed by atoms with Crippen LogP contribution in [0.5, 0.6) is 0 Å². The van der Waals surface area contributed by atoms with Gasteiger partial charge in [0.25, 0.3) is 0 Å². The minimum absolute atomic E-state index is 0.0183. The average molecular weight is 214 g/mol. The first-order valence-corrected chi connectivity index (χ1v) is 5.62. The second kappa shape index (κ2) is 5.10. The fraction of sp³-hybridized carbons (Fsp3) is 0.500. The number of hydrogen-bond donors (Lipinski definition) is 1. The van der Waals surface area contributed by atoms with Crippen molar-refractivity contribution in [3.63, 3.8) is 0 Å². The van der Waals surface area contributed by atoms with Crippen molar-refractivity contribution < 1.29 is 14.3 Å². The number of carboxylic acid groups (broad SMARTS) is 1. The van der Waals surface area contributed by atoms with Crippen LogP contribution in [0.15, 0.2) is 16.5 Å². The maximum absolute atomic E-state index is 10.5. The third kappa shape index (κ3) is 3.10. The molecule has 4 heteroatoms. The van der Waals surface area contributed by atoms with Gasteiger partial charge in [0.1, 0.15) is 5.76 Å². The topological polar surface area (TPSA) is 50.4 Å². The summed E-state index contributed by atoms with van der Waals surface area (Å²) in [6.07, 6.45) is 1.11. The highest BCUT2D eigenvalue weighted by atomic mass is 32.2. The fourth-order valence-electron chi connectivity index (χ4n) is 0.913. The summed E-state index contributed by atoms with van der Waals surface area (Å²) >= 11 is 1.77. The van der Waals surface area contributed by atoms with Crippen LogP contribution < -0.4 is 0 Å². The Balaban J connectivity index is 2.48. The lowest BCUT2D eigenvalue weighted by atomic mass is 10.4. The zero-order valence-corrected chi connectivity index (χ0v) is 9.13. The molecule has 0 amide bonds. The van der Waals surface area contributed by atoms with Crippen LogP contribution in [0.1, 0.15) is 36.6 Å². The zero-order valence-electron chi connectivity index (χ0n) is 8.32. The van der Waals surface area contributed by atoms with Gasteiger partial charge in [0, 0.05) is 5.25 Å². The van der Waals surface area contributed by atoms with Gasteiger partial charge in [0.2, 0.25) is 5.76 Å². The molecule has 14 heavy (non-hydrogen) atoms. The highest BCUT2D eigenvalue weighted by Gasteiger charge is 2.09. The summed E-state index contributed by atoms with van der Waals surface area (Å²) in [5.74, 6) is 0.477. The normalized spacial score (nSPS) is 12.7. The molecule has 0 aliphatic heterocycles. The predicted octanol–water partition coefficient (Wildman–Crippen LogP) is 3.01.